The van der Waals surface area contributed by atoms with E-state index in [9.17, 15) is 4.39 Å². The SMILES string of the molecule is Nc1cccc(Nc2nccc(F)c2-c2ccncn2)c1. The fraction of sp³-hybridized carbons (Fsp3) is 0. The summed E-state index contributed by atoms with van der Waals surface area (Å²) >= 11 is 0. The molecule has 3 rings (SSSR count). The molecule has 6 heteroatoms. The van der Waals surface area contributed by atoms with E-state index in [1.54, 1.807) is 30.5 Å². The Labute approximate surface area is 120 Å². The molecule has 0 aliphatic carbocycles. The smallest absolute Gasteiger partial charge is 0.142 e. The maximum absolute atomic E-state index is 14.2. The molecule has 0 fully saturated rings. The molecule has 3 aromatic rings. The van der Waals surface area contributed by atoms with Gasteiger partial charge in [-0.05, 0) is 30.3 Å². The Morgan fingerprint density at radius 3 is 2.71 bits per heavy atom. The Bertz CT molecular complexity index is 761. The van der Waals surface area contributed by atoms with Crippen molar-refractivity contribution >= 4 is 17.2 Å². The van der Waals surface area contributed by atoms with Crippen LogP contribution < -0.4 is 11.1 Å². The Morgan fingerprint density at radius 2 is 1.95 bits per heavy atom. The van der Waals surface area contributed by atoms with Gasteiger partial charge in [-0.15, -0.1) is 0 Å². The number of nitrogens with zero attached hydrogens (tertiary/aromatic N) is 3. The molecule has 0 saturated heterocycles. The fourth-order valence-electron chi connectivity index (χ4n) is 1.97. The van der Waals surface area contributed by atoms with Gasteiger partial charge in [-0.25, -0.2) is 19.3 Å². The monoisotopic (exact) mass is 281 g/mol. The van der Waals surface area contributed by atoms with Crippen LogP contribution in [-0.4, -0.2) is 15.0 Å². The van der Waals surface area contributed by atoms with Crippen molar-refractivity contribution < 1.29 is 4.39 Å². The van der Waals surface area contributed by atoms with Gasteiger partial charge in [-0.1, -0.05) is 6.07 Å². The first-order valence-electron chi connectivity index (χ1n) is 6.27. The average molecular weight is 281 g/mol. The Kier molecular flexibility index (Phi) is 3.42. The predicted octanol–water partition coefficient (Wildman–Crippen LogP) is 3.00. The van der Waals surface area contributed by atoms with E-state index in [0.29, 0.717) is 22.8 Å². The zero-order valence-corrected chi connectivity index (χ0v) is 11.0. The Hall–Kier alpha value is -3.02. The first kappa shape index (κ1) is 13.0. The van der Waals surface area contributed by atoms with Crippen LogP contribution in [0.3, 0.4) is 0 Å². The molecular weight excluding hydrogens is 269 g/mol. The molecule has 5 nitrogen and oxygen atoms in total. The molecule has 0 aliphatic heterocycles. The summed E-state index contributed by atoms with van der Waals surface area (Å²) in [5.41, 5.74) is 7.83. The first-order valence-corrected chi connectivity index (χ1v) is 6.27. The number of nitrogen functional groups attached to an aromatic ring is 1. The minimum atomic E-state index is -0.407. The predicted molar refractivity (Wildman–Crippen MR) is 79.4 cm³/mol. The second kappa shape index (κ2) is 5.54. The summed E-state index contributed by atoms with van der Waals surface area (Å²) in [6.07, 6.45) is 4.32. The summed E-state index contributed by atoms with van der Waals surface area (Å²) in [7, 11) is 0. The third kappa shape index (κ3) is 2.79. The molecule has 0 amide bonds. The zero-order chi connectivity index (χ0) is 14.7. The maximum atomic E-state index is 14.2. The summed E-state index contributed by atoms with van der Waals surface area (Å²) in [6.45, 7) is 0. The van der Waals surface area contributed by atoms with Crippen LogP contribution in [0.1, 0.15) is 0 Å². The number of nitrogens with two attached hydrogens (primary N) is 1. The number of anilines is 3. The van der Waals surface area contributed by atoms with Crippen molar-refractivity contribution in [2.75, 3.05) is 11.1 Å². The lowest BCUT2D eigenvalue weighted by Gasteiger charge is -2.11. The minimum absolute atomic E-state index is 0.294. The lowest BCUT2D eigenvalue weighted by molar-refractivity contribution is 0.629. The van der Waals surface area contributed by atoms with Crippen molar-refractivity contribution in [1.82, 2.24) is 15.0 Å². The van der Waals surface area contributed by atoms with Gasteiger partial charge in [0.2, 0.25) is 0 Å². The second-order valence-electron chi connectivity index (χ2n) is 4.36. The highest BCUT2D eigenvalue weighted by Gasteiger charge is 2.13. The standard InChI is InChI=1S/C15H12FN5/c16-12-4-7-19-15(14(12)13-5-6-18-9-20-13)21-11-3-1-2-10(17)8-11/h1-9H,17H2,(H,19,21). The van der Waals surface area contributed by atoms with Crippen LogP contribution >= 0.6 is 0 Å². The molecular formula is C15H12FN5. The van der Waals surface area contributed by atoms with Crippen molar-refractivity contribution in [3.8, 4) is 11.3 Å². The Morgan fingerprint density at radius 1 is 1.05 bits per heavy atom. The van der Waals surface area contributed by atoms with Crippen molar-refractivity contribution in [2.24, 2.45) is 0 Å². The number of pyridine rings is 1. The van der Waals surface area contributed by atoms with E-state index in [1.165, 1.54) is 18.6 Å². The normalized spacial score (nSPS) is 10.3. The zero-order valence-electron chi connectivity index (χ0n) is 11.0. The summed E-state index contributed by atoms with van der Waals surface area (Å²) in [4.78, 5) is 12.1. The van der Waals surface area contributed by atoms with Gasteiger partial charge in [-0.3, -0.25) is 0 Å². The van der Waals surface area contributed by atoms with Gasteiger partial charge in [0.25, 0.3) is 0 Å². The summed E-state index contributed by atoms with van der Waals surface area (Å²) in [5, 5.41) is 3.06. The van der Waals surface area contributed by atoms with Gasteiger partial charge in [0.05, 0.1) is 11.3 Å². The van der Waals surface area contributed by atoms with Crippen molar-refractivity contribution in [1.29, 1.82) is 0 Å². The number of halogens is 1. The van der Waals surface area contributed by atoms with E-state index < -0.39 is 5.82 Å². The van der Waals surface area contributed by atoms with Gasteiger partial charge in [0.15, 0.2) is 0 Å². The van der Waals surface area contributed by atoms with Crippen LogP contribution in [0.15, 0.2) is 55.1 Å². The van der Waals surface area contributed by atoms with E-state index in [4.69, 9.17) is 5.73 Å². The summed E-state index contributed by atoms with van der Waals surface area (Å²) in [6, 6.07) is 10.1. The summed E-state index contributed by atoms with van der Waals surface area (Å²) < 4.78 is 14.2. The number of hydrogen-bond acceptors (Lipinski definition) is 5. The second-order valence-corrected chi connectivity index (χ2v) is 4.36. The summed E-state index contributed by atoms with van der Waals surface area (Å²) in [5.74, 6) is -0.0330. The lowest BCUT2D eigenvalue weighted by atomic mass is 10.1. The van der Waals surface area contributed by atoms with Crippen molar-refractivity contribution in [2.45, 2.75) is 0 Å². The van der Waals surface area contributed by atoms with E-state index in [0.717, 1.165) is 5.69 Å². The molecule has 0 spiro atoms. The van der Waals surface area contributed by atoms with Crippen molar-refractivity contribution in [3.63, 3.8) is 0 Å². The lowest BCUT2D eigenvalue weighted by Crippen LogP contribution is -2.00. The fourth-order valence-corrected chi connectivity index (χ4v) is 1.97. The third-order valence-corrected chi connectivity index (χ3v) is 2.89. The van der Waals surface area contributed by atoms with Gasteiger partial charge < -0.3 is 11.1 Å². The first-order chi connectivity index (χ1) is 10.2. The maximum Gasteiger partial charge on any atom is 0.142 e. The molecule has 0 radical (unpaired) electrons. The van der Waals surface area contributed by atoms with E-state index in [1.807, 2.05) is 6.07 Å². The number of hydrogen-bond donors (Lipinski definition) is 2. The number of benzene rings is 1. The van der Waals surface area contributed by atoms with Gasteiger partial charge in [0, 0.05) is 23.8 Å². The molecule has 1 aromatic carbocycles. The number of rotatable bonds is 3. The third-order valence-electron chi connectivity index (χ3n) is 2.89. The van der Waals surface area contributed by atoms with E-state index in [-0.39, 0.29) is 0 Å². The highest BCUT2D eigenvalue weighted by atomic mass is 19.1. The number of aromatic nitrogens is 3. The van der Waals surface area contributed by atoms with Crippen LogP contribution in [0, 0.1) is 5.82 Å². The van der Waals surface area contributed by atoms with Gasteiger partial charge >= 0.3 is 0 Å². The highest BCUT2D eigenvalue weighted by molar-refractivity contribution is 5.77. The highest BCUT2D eigenvalue weighted by Crippen LogP contribution is 2.29. The van der Waals surface area contributed by atoms with Gasteiger partial charge in [-0.2, -0.15) is 0 Å². The topological polar surface area (TPSA) is 76.7 Å². The van der Waals surface area contributed by atoms with Crippen LogP contribution in [0.2, 0.25) is 0 Å². The molecule has 0 atom stereocenters. The van der Waals surface area contributed by atoms with Crippen LogP contribution in [0.4, 0.5) is 21.6 Å². The molecule has 3 N–H and O–H groups in total. The van der Waals surface area contributed by atoms with Crippen LogP contribution in [0.5, 0.6) is 0 Å². The largest absolute Gasteiger partial charge is 0.399 e. The molecule has 0 aliphatic rings. The van der Waals surface area contributed by atoms with Gasteiger partial charge in [0.1, 0.15) is 18.0 Å². The molecule has 21 heavy (non-hydrogen) atoms. The molecule has 0 unspecified atom stereocenters. The van der Waals surface area contributed by atoms with E-state index in [2.05, 4.69) is 20.3 Å². The molecule has 0 bridgehead atoms. The van der Waals surface area contributed by atoms with Crippen molar-refractivity contribution in [3.05, 3.63) is 60.9 Å². The Balaban J connectivity index is 2.05. The van der Waals surface area contributed by atoms with E-state index >= 15 is 0 Å². The molecule has 104 valence electrons. The molecule has 2 aromatic heterocycles. The molecule has 2 heterocycles. The quantitative estimate of drug-likeness (QED) is 0.722. The minimum Gasteiger partial charge on any atom is -0.399 e. The number of nitrogens with one attached hydrogen (secondary N) is 1. The molecule has 0 saturated carbocycles. The van der Waals surface area contributed by atoms with Crippen LogP contribution in [-0.2, 0) is 0 Å². The van der Waals surface area contributed by atoms with Crippen LogP contribution in [0.25, 0.3) is 11.3 Å². The average Bonchev–Trinajstić information content (AvgIpc) is 2.48.